The van der Waals surface area contributed by atoms with E-state index in [1.54, 1.807) is 6.07 Å². The molecule has 2 rings (SSSR count). The summed E-state index contributed by atoms with van der Waals surface area (Å²) < 4.78 is 31.5. The van der Waals surface area contributed by atoms with Gasteiger partial charge in [0.15, 0.2) is 17.9 Å². The van der Waals surface area contributed by atoms with Gasteiger partial charge in [-0.3, -0.25) is 4.79 Å². The zero-order valence-electron chi connectivity index (χ0n) is 8.69. The van der Waals surface area contributed by atoms with Crippen LogP contribution in [0.25, 0.3) is 0 Å². The molecule has 0 aliphatic heterocycles. The van der Waals surface area contributed by atoms with Crippen LogP contribution in [-0.2, 0) is 0 Å². The fourth-order valence-electron chi connectivity index (χ4n) is 1.34. The smallest absolute Gasteiger partial charge is 0.165 e. The zero-order chi connectivity index (χ0) is 12.3. The number of halogens is 2. The normalized spacial score (nSPS) is 10.0. The molecule has 0 saturated carbocycles. The molecule has 0 heterocycles. The van der Waals surface area contributed by atoms with Gasteiger partial charge in [-0.05, 0) is 24.3 Å². The number of rotatable bonds is 3. The van der Waals surface area contributed by atoms with E-state index in [2.05, 4.69) is 0 Å². The number of para-hydroxylation sites is 1. The molecule has 0 fully saturated rings. The van der Waals surface area contributed by atoms with Crippen molar-refractivity contribution in [2.45, 2.75) is 0 Å². The Morgan fingerprint density at radius 1 is 1.00 bits per heavy atom. The molecule has 0 saturated heterocycles. The average Bonchev–Trinajstić information content (AvgIpc) is 2.32. The molecule has 0 bridgehead atoms. The number of aldehydes is 1. The molecule has 86 valence electrons. The Morgan fingerprint density at radius 2 is 1.76 bits per heavy atom. The van der Waals surface area contributed by atoms with Gasteiger partial charge in [-0.1, -0.05) is 12.1 Å². The highest BCUT2D eigenvalue weighted by atomic mass is 19.1. The van der Waals surface area contributed by atoms with Crippen LogP contribution in [0.1, 0.15) is 10.4 Å². The Balaban J connectivity index is 2.39. The number of hydrogen-bond donors (Lipinski definition) is 0. The summed E-state index contributed by atoms with van der Waals surface area (Å²) in [4.78, 5) is 10.7. The molecule has 17 heavy (non-hydrogen) atoms. The number of carbonyl (C=O) groups excluding carboxylic acids is 1. The summed E-state index contributed by atoms with van der Waals surface area (Å²) in [7, 11) is 0. The quantitative estimate of drug-likeness (QED) is 0.759. The van der Waals surface area contributed by atoms with Gasteiger partial charge in [0, 0.05) is 6.07 Å². The van der Waals surface area contributed by atoms with E-state index >= 15 is 0 Å². The first-order valence-electron chi connectivity index (χ1n) is 4.88. The Bertz CT molecular complexity index is 553. The lowest BCUT2D eigenvalue weighted by atomic mass is 10.2. The largest absolute Gasteiger partial charge is 0.453 e. The summed E-state index contributed by atoms with van der Waals surface area (Å²) in [5, 5.41) is 0. The molecule has 0 atom stereocenters. The number of carbonyl (C=O) groups is 1. The molecule has 2 aromatic rings. The number of hydrogen-bond acceptors (Lipinski definition) is 2. The van der Waals surface area contributed by atoms with Gasteiger partial charge in [0.1, 0.15) is 11.6 Å². The first-order valence-corrected chi connectivity index (χ1v) is 4.88. The summed E-state index contributed by atoms with van der Waals surface area (Å²) in [6.07, 6.45) is 0.523. The van der Waals surface area contributed by atoms with Gasteiger partial charge in [-0.25, -0.2) is 8.78 Å². The Kier molecular flexibility index (Phi) is 3.14. The Labute approximate surface area is 96.5 Å². The third kappa shape index (κ3) is 2.47. The minimum Gasteiger partial charge on any atom is -0.453 e. The minimum atomic E-state index is -0.575. The lowest BCUT2D eigenvalue weighted by molar-refractivity contribution is 0.112. The van der Waals surface area contributed by atoms with Crippen LogP contribution in [0.2, 0.25) is 0 Å². The van der Waals surface area contributed by atoms with Gasteiger partial charge in [0.05, 0.1) is 5.56 Å². The van der Waals surface area contributed by atoms with E-state index in [0.717, 1.165) is 12.1 Å². The van der Waals surface area contributed by atoms with E-state index < -0.39 is 11.6 Å². The highest BCUT2D eigenvalue weighted by Gasteiger charge is 2.08. The van der Waals surface area contributed by atoms with Crippen molar-refractivity contribution in [3.05, 3.63) is 59.7 Å². The first-order chi connectivity index (χ1) is 8.20. The van der Waals surface area contributed by atoms with Gasteiger partial charge in [-0.15, -0.1) is 0 Å². The maximum Gasteiger partial charge on any atom is 0.165 e. The fourth-order valence-corrected chi connectivity index (χ4v) is 1.34. The van der Waals surface area contributed by atoms with Crippen molar-refractivity contribution in [1.29, 1.82) is 0 Å². The van der Waals surface area contributed by atoms with E-state index in [4.69, 9.17) is 4.74 Å². The summed E-state index contributed by atoms with van der Waals surface area (Å²) in [6, 6.07) is 9.16. The van der Waals surface area contributed by atoms with Crippen LogP contribution in [0.5, 0.6) is 11.5 Å². The van der Waals surface area contributed by atoms with Crippen LogP contribution in [0.3, 0.4) is 0 Å². The molecule has 0 aromatic heterocycles. The topological polar surface area (TPSA) is 26.3 Å². The van der Waals surface area contributed by atoms with Gasteiger partial charge < -0.3 is 4.74 Å². The SMILES string of the molecule is O=Cc1ccc(F)cc1Oc1ccccc1F. The Hall–Kier alpha value is -2.23. The van der Waals surface area contributed by atoms with E-state index in [-0.39, 0.29) is 17.1 Å². The van der Waals surface area contributed by atoms with Crippen molar-refractivity contribution in [1.82, 2.24) is 0 Å². The van der Waals surface area contributed by atoms with Gasteiger partial charge in [-0.2, -0.15) is 0 Å². The molecule has 0 radical (unpaired) electrons. The lowest BCUT2D eigenvalue weighted by Gasteiger charge is -2.08. The highest BCUT2D eigenvalue weighted by Crippen LogP contribution is 2.27. The van der Waals surface area contributed by atoms with Gasteiger partial charge in [0.25, 0.3) is 0 Å². The fraction of sp³-hybridized carbons (Fsp3) is 0. The molecular weight excluding hydrogens is 226 g/mol. The maximum atomic E-state index is 13.3. The van der Waals surface area contributed by atoms with Crippen molar-refractivity contribution >= 4 is 6.29 Å². The van der Waals surface area contributed by atoms with Gasteiger partial charge in [0.2, 0.25) is 0 Å². The van der Waals surface area contributed by atoms with E-state index in [9.17, 15) is 13.6 Å². The third-order valence-electron chi connectivity index (χ3n) is 2.16. The van der Waals surface area contributed by atoms with Gasteiger partial charge >= 0.3 is 0 Å². The molecule has 0 aliphatic rings. The van der Waals surface area contributed by atoms with Crippen LogP contribution in [0.15, 0.2) is 42.5 Å². The van der Waals surface area contributed by atoms with Crippen molar-refractivity contribution in [3.63, 3.8) is 0 Å². The van der Waals surface area contributed by atoms with Crippen molar-refractivity contribution in [2.24, 2.45) is 0 Å². The van der Waals surface area contributed by atoms with Crippen LogP contribution in [-0.4, -0.2) is 6.29 Å². The maximum absolute atomic E-state index is 13.3. The molecule has 0 aliphatic carbocycles. The zero-order valence-corrected chi connectivity index (χ0v) is 8.69. The van der Waals surface area contributed by atoms with Crippen LogP contribution < -0.4 is 4.74 Å². The molecule has 0 amide bonds. The second kappa shape index (κ2) is 4.74. The monoisotopic (exact) mass is 234 g/mol. The predicted octanol–water partition coefficient (Wildman–Crippen LogP) is 3.57. The Morgan fingerprint density at radius 3 is 2.47 bits per heavy atom. The molecule has 0 N–H and O–H groups in total. The van der Waals surface area contributed by atoms with E-state index in [0.29, 0.717) is 6.29 Å². The lowest BCUT2D eigenvalue weighted by Crippen LogP contribution is -1.93. The second-order valence-electron chi connectivity index (χ2n) is 3.33. The molecular formula is C13H8F2O2. The standard InChI is InChI=1S/C13H8F2O2/c14-10-6-5-9(8-16)13(7-10)17-12-4-2-1-3-11(12)15/h1-8H. The van der Waals surface area contributed by atoms with E-state index in [1.165, 1.54) is 24.3 Å². The van der Waals surface area contributed by atoms with E-state index in [1.807, 2.05) is 0 Å². The minimum absolute atomic E-state index is 0.00917. The van der Waals surface area contributed by atoms with Crippen LogP contribution in [0.4, 0.5) is 8.78 Å². The summed E-state index contributed by atoms with van der Waals surface area (Å²) in [5.41, 5.74) is 0.162. The summed E-state index contributed by atoms with van der Waals surface area (Å²) >= 11 is 0. The van der Waals surface area contributed by atoms with Crippen molar-refractivity contribution in [2.75, 3.05) is 0 Å². The predicted molar refractivity (Wildman–Crippen MR) is 58.3 cm³/mol. The molecule has 2 nitrogen and oxygen atoms in total. The molecule has 4 heteroatoms. The molecule has 2 aromatic carbocycles. The average molecular weight is 234 g/mol. The van der Waals surface area contributed by atoms with Crippen molar-refractivity contribution < 1.29 is 18.3 Å². The summed E-state index contributed by atoms with van der Waals surface area (Å²) in [6.45, 7) is 0. The van der Waals surface area contributed by atoms with Crippen LogP contribution >= 0.6 is 0 Å². The molecule has 0 unspecified atom stereocenters. The van der Waals surface area contributed by atoms with Crippen molar-refractivity contribution in [3.8, 4) is 11.5 Å². The van der Waals surface area contributed by atoms with Crippen LogP contribution in [0, 0.1) is 11.6 Å². The summed E-state index contributed by atoms with van der Waals surface area (Å²) in [5.74, 6) is -1.19. The highest BCUT2D eigenvalue weighted by molar-refractivity contribution is 5.79. The first kappa shape index (κ1) is 11.3. The third-order valence-corrected chi connectivity index (χ3v) is 2.16. The second-order valence-corrected chi connectivity index (χ2v) is 3.33. The molecule has 0 spiro atoms. The number of benzene rings is 2. The number of ether oxygens (including phenoxy) is 1.